The van der Waals surface area contributed by atoms with Gasteiger partial charge in [-0.05, 0) is 51.0 Å². The minimum Gasteiger partial charge on any atom is -0.376 e. The van der Waals surface area contributed by atoms with Crippen molar-refractivity contribution in [3.05, 3.63) is 29.8 Å². The predicted molar refractivity (Wildman–Crippen MR) is 94.2 cm³/mol. The lowest BCUT2D eigenvalue weighted by molar-refractivity contribution is -0.128. The van der Waals surface area contributed by atoms with Gasteiger partial charge in [-0.3, -0.25) is 9.59 Å². The Kier molecular flexibility index (Phi) is 7.06. The van der Waals surface area contributed by atoms with Crippen molar-refractivity contribution in [1.29, 1.82) is 0 Å². The first-order valence-corrected chi connectivity index (χ1v) is 8.65. The Hall–Kier alpha value is -2.08. The summed E-state index contributed by atoms with van der Waals surface area (Å²) in [6.45, 7) is 6.94. The number of ether oxygens (including phenoxy) is 1. The monoisotopic (exact) mass is 333 g/mol. The summed E-state index contributed by atoms with van der Waals surface area (Å²) in [4.78, 5) is 25.8. The summed E-state index contributed by atoms with van der Waals surface area (Å²) in [6, 6.07) is 7.15. The smallest absolute Gasteiger partial charge is 0.251 e. The standard InChI is InChI=1S/C18H27N3O3/c1-3-21(4-2)17(22)13-19-15-9-7-14(8-10-15)18(23)20-12-16-6-5-11-24-16/h7-10,16,19H,3-6,11-13H2,1-2H3,(H,20,23). The molecular formula is C18H27N3O3. The molecule has 1 saturated heterocycles. The summed E-state index contributed by atoms with van der Waals surface area (Å²) < 4.78 is 5.49. The van der Waals surface area contributed by atoms with E-state index in [0.717, 1.165) is 25.1 Å². The van der Waals surface area contributed by atoms with Crippen LogP contribution >= 0.6 is 0 Å². The Labute approximate surface area is 143 Å². The number of hydrogen-bond acceptors (Lipinski definition) is 4. The summed E-state index contributed by atoms with van der Waals surface area (Å²) >= 11 is 0. The second-order valence-electron chi connectivity index (χ2n) is 5.84. The van der Waals surface area contributed by atoms with Gasteiger partial charge in [-0.2, -0.15) is 0 Å². The molecule has 6 heteroatoms. The van der Waals surface area contributed by atoms with Crippen molar-refractivity contribution in [2.45, 2.75) is 32.8 Å². The highest BCUT2D eigenvalue weighted by atomic mass is 16.5. The summed E-state index contributed by atoms with van der Waals surface area (Å²) in [6.07, 6.45) is 2.21. The lowest BCUT2D eigenvalue weighted by Gasteiger charge is -2.19. The van der Waals surface area contributed by atoms with E-state index in [-0.39, 0.29) is 24.5 Å². The zero-order valence-corrected chi connectivity index (χ0v) is 14.5. The van der Waals surface area contributed by atoms with Gasteiger partial charge in [-0.25, -0.2) is 0 Å². The van der Waals surface area contributed by atoms with Crippen LogP contribution < -0.4 is 10.6 Å². The number of nitrogens with one attached hydrogen (secondary N) is 2. The van der Waals surface area contributed by atoms with E-state index in [0.29, 0.717) is 25.2 Å². The van der Waals surface area contributed by atoms with Crippen LogP contribution in [0.3, 0.4) is 0 Å². The van der Waals surface area contributed by atoms with E-state index in [1.807, 2.05) is 26.0 Å². The first kappa shape index (κ1) is 18.3. The predicted octanol–water partition coefficient (Wildman–Crippen LogP) is 1.88. The van der Waals surface area contributed by atoms with Crippen LogP contribution in [0, 0.1) is 0 Å². The van der Waals surface area contributed by atoms with Crippen molar-refractivity contribution in [3.8, 4) is 0 Å². The van der Waals surface area contributed by atoms with E-state index in [9.17, 15) is 9.59 Å². The Morgan fingerprint density at radius 1 is 1.21 bits per heavy atom. The van der Waals surface area contributed by atoms with E-state index >= 15 is 0 Å². The van der Waals surface area contributed by atoms with Crippen molar-refractivity contribution < 1.29 is 14.3 Å². The topological polar surface area (TPSA) is 70.7 Å². The van der Waals surface area contributed by atoms with Crippen molar-refractivity contribution in [1.82, 2.24) is 10.2 Å². The molecule has 24 heavy (non-hydrogen) atoms. The second kappa shape index (κ2) is 9.27. The molecule has 1 heterocycles. The molecular weight excluding hydrogens is 306 g/mol. The third-order valence-electron chi connectivity index (χ3n) is 4.22. The first-order valence-electron chi connectivity index (χ1n) is 8.65. The van der Waals surface area contributed by atoms with Crippen molar-refractivity contribution in [2.75, 3.05) is 38.1 Å². The van der Waals surface area contributed by atoms with Crippen LogP contribution in [0.2, 0.25) is 0 Å². The van der Waals surface area contributed by atoms with Gasteiger partial charge < -0.3 is 20.3 Å². The van der Waals surface area contributed by atoms with Gasteiger partial charge in [0, 0.05) is 37.5 Å². The summed E-state index contributed by atoms with van der Waals surface area (Å²) in [5, 5.41) is 5.99. The van der Waals surface area contributed by atoms with Crippen LogP contribution in [-0.4, -0.2) is 55.6 Å². The maximum absolute atomic E-state index is 12.1. The number of anilines is 1. The normalized spacial score (nSPS) is 16.7. The Morgan fingerprint density at radius 2 is 1.92 bits per heavy atom. The van der Waals surface area contributed by atoms with Crippen molar-refractivity contribution in [2.24, 2.45) is 0 Å². The number of carbonyl (C=O) groups is 2. The molecule has 1 unspecified atom stereocenters. The largest absolute Gasteiger partial charge is 0.376 e. The third kappa shape index (κ3) is 5.23. The lowest BCUT2D eigenvalue weighted by Crippen LogP contribution is -2.35. The minimum atomic E-state index is -0.101. The molecule has 0 spiro atoms. The molecule has 1 aliphatic rings. The fraction of sp³-hybridized carbons (Fsp3) is 0.556. The molecule has 1 aromatic rings. The highest BCUT2D eigenvalue weighted by Gasteiger charge is 2.16. The van der Waals surface area contributed by atoms with E-state index in [4.69, 9.17) is 4.74 Å². The number of likely N-dealkylation sites (N-methyl/N-ethyl adjacent to an activating group) is 1. The molecule has 2 amide bonds. The zero-order valence-electron chi connectivity index (χ0n) is 14.5. The van der Waals surface area contributed by atoms with Gasteiger partial charge in [-0.1, -0.05) is 0 Å². The van der Waals surface area contributed by atoms with Crippen LogP contribution in [0.5, 0.6) is 0 Å². The van der Waals surface area contributed by atoms with Gasteiger partial charge in [0.1, 0.15) is 0 Å². The highest BCUT2D eigenvalue weighted by molar-refractivity contribution is 5.94. The van der Waals surface area contributed by atoms with Gasteiger partial charge in [0.25, 0.3) is 5.91 Å². The number of rotatable bonds is 8. The molecule has 132 valence electrons. The molecule has 0 aromatic heterocycles. The van der Waals surface area contributed by atoms with Gasteiger partial charge in [0.2, 0.25) is 5.91 Å². The zero-order chi connectivity index (χ0) is 17.4. The molecule has 2 rings (SSSR count). The molecule has 0 aliphatic carbocycles. The van der Waals surface area contributed by atoms with Crippen LogP contribution in [0.4, 0.5) is 5.69 Å². The lowest BCUT2D eigenvalue weighted by atomic mass is 10.2. The van der Waals surface area contributed by atoms with E-state index in [1.54, 1.807) is 17.0 Å². The van der Waals surface area contributed by atoms with E-state index in [1.165, 1.54) is 0 Å². The molecule has 0 radical (unpaired) electrons. The first-order chi connectivity index (χ1) is 11.6. The molecule has 2 N–H and O–H groups in total. The molecule has 1 aromatic carbocycles. The van der Waals surface area contributed by atoms with Gasteiger partial charge in [0.05, 0.1) is 12.6 Å². The van der Waals surface area contributed by atoms with Crippen molar-refractivity contribution in [3.63, 3.8) is 0 Å². The molecule has 0 bridgehead atoms. The number of hydrogen-bond donors (Lipinski definition) is 2. The summed E-state index contributed by atoms with van der Waals surface area (Å²) in [5.74, 6) is -0.0327. The number of amides is 2. The van der Waals surface area contributed by atoms with Crippen molar-refractivity contribution >= 4 is 17.5 Å². The van der Waals surface area contributed by atoms with Crippen LogP contribution in [0.15, 0.2) is 24.3 Å². The SMILES string of the molecule is CCN(CC)C(=O)CNc1ccc(C(=O)NCC2CCCO2)cc1. The summed E-state index contributed by atoms with van der Waals surface area (Å²) in [7, 11) is 0. The maximum Gasteiger partial charge on any atom is 0.251 e. The van der Waals surface area contributed by atoms with Crippen LogP contribution in [0.25, 0.3) is 0 Å². The second-order valence-corrected chi connectivity index (χ2v) is 5.84. The molecule has 0 saturated carbocycles. The highest BCUT2D eigenvalue weighted by Crippen LogP contribution is 2.12. The van der Waals surface area contributed by atoms with E-state index < -0.39 is 0 Å². The fourth-order valence-corrected chi connectivity index (χ4v) is 2.72. The van der Waals surface area contributed by atoms with Crippen LogP contribution in [0.1, 0.15) is 37.0 Å². The van der Waals surface area contributed by atoms with E-state index in [2.05, 4.69) is 10.6 Å². The molecule has 1 atom stereocenters. The molecule has 6 nitrogen and oxygen atoms in total. The Morgan fingerprint density at radius 3 is 2.50 bits per heavy atom. The van der Waals surface area contributed by atoms with Crippen LogP contribution in [-0.2, 0) is 9.53 Å². The minimum absolute atomic E-state index is 0.0679. The Balaban J connectivity index is 1.79. The third-order valence-corrected chi connectivity index (χ3v) is 4.22. The average Bonchev–Trinajstić information content (AvgIpc) is 3.13. The maximum atomic E-state index is 12.1. The molecule has 1 aliphatic heterocycles. The number of carbonyl (C=O) groups excluding carboxylic acids is 2. The van der Waals surface area contributed by atoms with Gasteiger partial charge >= 0.3 is 0 Å². The summed E-state index contributed by atoms with van der Waals surface area (Å²) in [5.41, 5.74) is 1.43. The Bertz CT molecular complexity index is 535. The molecule has 1 fully saturated rings. The number of nitrogens with zero attached hydrogens (tertiary/aromatic N) is 1. The fourth-order valence-electron chi connectivity index (χ4n) is 2.72. The average molecular weight is 333 g/mol. The quantitative estimate of drug-likeness (QED) is 0.762. The number of benzene rings is 1. The van der Waals surface area contributed by atoms with Gasteiger partial charge in [0.15, 0.2) is 0 Å². The van der Waals surface area contributed by atoms with Gasteiger partial charge in [-0.15, -0.1) is 0 Å².